The van der Waals surface area contributed by atoms with E-state index in [0.717, 1.165) is 31.4 Å². The molecule has 3 aliphatic rings. The fraction of sp³-hybridized carbons (Fsp3) is 0.600. The Morgan fingerprint density at radius 3 is 2.28 bits per heavy atom. The molecule has 134 valence electrons. The molecule has 1 fully saturated rings. The van der Waals surface area contributed by atoms with Crippen LogP contribution in [0.4, 0.5) is 10.5 Å². The molecule has 1 aliphatic heterocycles. The standard InChI is InChI=1S/C20H26N2O3/c1-3-25-18(23)20(2)11-22(12-20)19(24)21-17-15-8-4-6-13(15)10-14-7-5-9-16(14)17/h10H,3-9,11-12H2,1-2H3,(H,21,24). The Morgan fingerprint density at radius 1 is 1.12 bits per heavy atom. The first-order valence-electron chi connectivity index (χ1n) is 9.41. The molecule has 0 spiro atoms. The minimum atomic E-state index is -0.562. The van der Waals surface area contributed by atoms with Crippen LogP contribution < -0.4 is 5.32 Å². The molecule has 4 rings (SSSR count). The molecule has 1 heterocycles. The number of nitrogens with one attached hydrogen (secondary N) is 1. The van der Waals surface area contributed by atoms with E-state index in [4.69, 9.17) is 4.74 Å². The van der Waals surface area contributed by atoms with Gasteiger partial charge >= 0.3 is 12.0 Å². The molecule has 1 aromatic rings. The minimum absolute atomic E-state index is 0.0869. The van der Waals surface area contributed by atoms with Crippen LogP contribution in [0.25, 0.3) is 0 Å². The fourth-order valence-electron chi connectivity index (χ4n) is 4.53. The summed E-state index contributed by atoms with van der Waals surface area (Å²) >= 11 is 0. The first-order chi connectivity index (χ1) is 12.0. The van der Waals surface area contributed by atoms with Gasteiger partial charge in [0.25, 0.3) is 0 Å². The summed E-state index contributed by atoms with van der Waals surface area (Å²) in [6.07, 6.45) is 6.70. The quantitative estimate of drug-likeness (QED) is 0.859. The monoisotopic (exact) mass is 342 g/mol. The van der Waals surface area contributed by atoms with Gasteiger partial charge in [0, 0.05) is 18.8 Å². The Labute approximate surface area is 148 Å². The third-order valence-electron chi connectivity index (χ3n) is 5.84. The predicted octanol–water partition coefficient (Wildman–Crippen LogP) is 3.08. The lowest BCUT2D eigenvalue weighted by atomic mass is 9.82. The Hall–Kier alpha value is -2.04. The molecule has 0 saturated carbocycles. The van der Waals surface area contributed by atoms with Crippen LogP contribution in [0, 0.1) is 5.41 Å². The third-order valence-corrected chi connectivity index (χ3v) is 5.84. The number of benzene rings is 1. The molecule has 25 heavy (non-hydrogen) atoms. The van der Waals surface area contributed by atoms with Crippen molar-refractivity contribution in [2.24, 2.45) is 5.41 Å². The summed E-state index contributed by atoms with van der Waals surface area (Å²) in [4.78, 5) is 26.4. The summed E-state index contributed by atoms with van der Waals surface area (Å²) < 4.78 is 5.12. The van der Waals surface area contributed by atoms with Crippen molar-refractivity contribution in [1.29, 1.82) is 0 Å². The molecule has 0 aromatic heterocycles. The number of aryl methyl sites for hydroxylation is 2. The smallest absolute Gasteiger partial charge is 0.321 e. The van der Waals surface area contributed by atoms with E-state index in [0.29, 0.717) is 19.7 Å². The fourth-order valence-corrected chi connectivity index (χ4v) is 4.53. The molecule has 1 N–H and O–H groups in total. The molecule has 2 amide bonds. The van der Waals surface area contributed by atoms with E-state index < -0.39 is 5.41 Å². The summed E-state index contributed by atoms with van der Waals surface area (Å²) in [5, 5.41) is 3.19. The number of likely N-dealkylation sites (tertiary alicyclic amines) is 1. The average Bonchev–Trinajstić information content (AvgIpc) is 3.20. The zero-order chi connectivity index (χ0) is 17.6. The van der Waals surface area contributed by atoms with Crippen molar-refractivity contribution in [3.63, 3.8) is 0 Å². The third kappa shape index (κ3) is 2.70. The van der Waals surface area contributed by atoms with Gasteiger partial charge in [0.2, 0.25) is 0 Å². The highest BCUT2D eigenvalue weighted by atomic mass is 16.5. The van der Waals surface area contributed by atoms with E-state index in [1.165, 1.54) is 35.1 Å². The molecule has 0 radical (unpaired) electrons. The normalized spacial score (nSPS) is 19.8. The number of carbonyl (C=O) groups is 2. The molecule has 5 heteroatoms. The highest BCUT2D eigenvalue weighted by Gasteiger charge is 2.48. The number of rotatable bonds is 3. The predicted molar refractivity (Wildman–Crippen MR) is 95.8 cm³/mol. The van der Waals surface area contributed by atoms with Gasteiger partial charge in [0.1, 0.15) is 5.41 Å². The average molecular weight is 342 g/mol. The summed E-state index contributed by atoms with van der Waals surface area (Å²) in [5.74, 6) is -0.208. The second-order valence-electron chi connectivity index (χ2n) is 7.80. The van der Waals surface area contributed by atoms with E-state index in [2.05, 4.69) is 11.4 Å². The molecule has 0 bridgehead atoms. The van der Waals surface area contributed by atoms with Gasteiger partial charge in [-0.1, -0.05) is 6.07 Å². The largest absolute Gasteiger partial charge is 0.465 e. The first kappa shape index (κ1) is 16.4. The van der Waals surface area contributed by atoms with Crippen LogP contribution in [0.5, 0.6) is 0 Å². The number of nitrogens with zero attached hydrogens (tertiary/aromatic N) is 1. The number of anilines is 1. The van der Waals surface area contributed by atoms with Crippen molar-refractivity contribution in [3.05, 3.63) is 28.3 Å². The summed E-state index contributed by atoms with van der Waals surface area (Å²) in [5.41, 5.74) is 6.00. The number of ether oxygens (including phenoxy) is 1. The van der Waals surface area contributed by atoms with Crippen LogP contribution in [0.1, 0.15) is 48.9 Å². The van der Waals surface area contributed by atoms with E-state index in [1.54, 1.807) is 11.8 Å². The zero-order valence-corrected chi connectivity index (χ0v) is 15.1. The molecule has 2 aliphatic carbocycles. The Bertz CT molecular complexity index is 703. The first-order valence-corrected chi connectivity index (χ1v) is 9.41. The van der Waals surface area contributed by atoms with Gasteiger partial charge in [0.15, 0.2) is 0 Å². The number of hydrogen-bond donors (Lipinski definition) is 1. The number of fused-ring (bicyclic) bond motifs is 2. The molecular weight excluding hydrogens is 316 g/mol. The Kier molecular flexibility index (Phi) is 3.97. The van der Waals surface area contributed by atoms with Gasteiger partial charge in [-0.3, -0.25) is 4.79 Å². The maximum atomic E-state index is 12.7. The van der Waals surface area contributed by atoms with Gasteiger partial charge in [-0.2, -0.15) is 0 Å². The van der Waals surface area contributed by atoms with Crippen molar-refractivity contribution in [3.8, 4) is 0 Å². The number of carbonyl (C=O) groups excluding carboxylic acids is 2. The number of esters is 1. The topological polar surface area (TPSA) is 58.6 Å². The number of hydrogen-bond acceptors (Lipinski definition) is 3. The zero-order valence-electron chi connectivity index (χ0n) is 15.1. The van der Waals surface area contributed by atoms with Gasteiger partial charge in [-0.05, 0) is 74.6 Å². The Morgan fingerprint density at radius 2 is 1.72 bits per heavy atom. The molecule has 0 atom stereocenters. The molecular formula is C20H26N2O3. The van der Waals surface area contributed by atoms with Crippen LogP contribution in [0.15, 0.2) is 6.07 Å². The molecule has 0 unspecified atom stereocenters. The van der Waals surface area contributed by atoms with Gasteiger partial charge in [-0.25, -0.2) is 4.79 Å². The van der Waals surface area contributed by atoms with Crippen LogP contribution >= 0.6 is 0 Å². The highest BCUT2D eigenvalue weighted by Crippen LogP contribution is 2.39. The van der Waals surface area contributed by atoms with E-state index in [9.17, 15) is 9.59 Å². The molecule has 1 aromatic carbocycles. The lowest BCUT2D eigenvalue weighted by Gasteiger charge is -2.45. The van der Waals surface area contributed by atoms with E-state index in [1.807, 2.05) is 6.92 Å². The van der Waals surface area contributed by atoms with Gasteiger partial charge in [-0.15, -0.1) is 0 Å². The lowest BCUT2D eigenvalue weighted by molar-refractivity contribution is -0.162. The highest BCUT2D eigenvalue weighted by molar-refractivity contribution is 5.94. The molecule has 1 saturated heterocycles. The van der Waals surface area contributed by atoms with Crippen LogP contribution in [0.2, 0.25) is 0 Å². The minimum Gasteiger partial charge on any atom is -0.465 e. The van der Waals surface area contributed by atoms with Crippen molar-refractivity contribution < 1.29 is 14.3 Å². The number of urea groups is 1. The Balaban J connectivity index is 1.49. The van der Waals surface area contributed by atoms with E-state index in [-0.39, 0.29) is 12.0 Å². The second-order valence-corrected chi connectivity index (χ2v) is 7.80. The van der Waals surface area contributed by atoms with Crippen molar-refractivity contribution in [2.75, 3.05) is 25.0 Å². The lowest BCUT2D eigenvalue weighted by Crippen LogP contribution is -2.62. The van der Waals surface area contributed by atoms with Crippen molar-refractivity contribution >= 4 is 17.7 Å². The SMILES string of the molecule is CCOC(=O)C1(C)CN(C(=O)Nc2c3c(cc4c2CCC4)CCC3)C1. The van der Waals surface area contributed by atoms with Crippen molar-refractivity contribution in [1.82, 2.24) is 4.90 Å². The van der Waals surface area contributed by atoms with Gasteiger partial charge < -0.3 is 15.0 Å². The van der Waals surface area contributed by atoms with Crippen LogP contribution in [-0.2, 0) is 35.2 Å². The summed E-state index contributed by atoms with van der Waals surface area (Å²) in [6.45, 7) is 4.90. The van der Waals surface area contributed by atoms with Crippen LogP contribution in [-0.4, -0.2) is 36.6 Å². The van der Waals surface area contributed by atoms with Crippen molar-refractivity contribution in [2.45, 2.75) is 52.4 Å². The summed E-state index contributed by atoms with van der Waals surface area (Å²) in [6, 6.07) is 2.28. The second kappa shape index (κ2) is 6.04. The van der Waals surface area contributed by atoms with E-state index >= 15 is 0 Å². The summed E-state index contributed by atoms with van der Waals surface area (Å²) in [7, 11) is 0. The van der Waals surface area contributed by atoms with Crippen LogP contribution in [0.3, 0.4) is 0 Å². The maximum absolute atomic E-state index is 12.7. The molecule has 5 nitrogen and oxygen atoms in total. The maximum Gasteiger partial charge on any atom is 0.321 e. The number of amides is 2. The van der Waals surface area contributed by atoms with Gasteiger partial charge in [0.05, 0.1) is 6.61 Å².